The minimum atomic E-state index is 0.520. The summed E-state index contributed by atoms with van der Waals surface area (Å²) in [4.78, 5) is 0. The van der Waals surface area contributed by atoms with E-state index in [-0.39, 0.29) is 0 Å². The molecular formula is C6H11N3O. The van der Waals surface area contributed by atoms with Crippen LogP contribution in [0.15, 0.2) is 12.4 Å². The molecule has 4 nitrogen and oxygen atoms in total. The highest BCUT2D eigenvalue weighted by molar-refractivity contribution is 5.10. The lowest BCUT2D eigenvalue weighted by Crippen LogP contribution is -2.13. The standard InChI is InChI=1S/C6H11N3O/c1-7-5-10-6-3-8-9(2)4-6/h3-4,7H,5H2,1-2H3. The molecule has 0 aliphatic carbocycles. The second kappa shape index (κ2) is 3.22. The van der Waals surface area contributed by atoms with Gasteiger partial charge in [-0.2, -0.15) is 5.10 Å². The van der Waals surface area contributed by atoms with Gasteiger partial charge in [0.15, 0.2) is 5.75 Å². The Bertz CT molecular complexity index is 197. The summed E-state index contributed by atoms with van der Waals surface area (Å²) < 4.78 is 6.88. The summed E-state index contributed by atoms with van der Waals surface area (Å²) in [6, 6.07) is 0. The van der Waals surface area contributed by atoms with Gasteiger partial charge in [0.25, 0.3) is 0 Å². The lowest BCUT2D eigenvalue weighted by molar-refractivity contribution is 0.296. The molecule has 56 valence electrons. The van der Waals surface area contributed by atoms with E-state index in [9.17, 15) is 0 Å². The molecule has 0 unspecified atom stereocenters. The summed E-state index contributed by atoms with van der Waals surface area (Å²) in [5, 5.41) is 6.80. The molecule has 0 aliphatic rings. The first-order valence-corrected chi connectivity index (χ1v) is 3.09. The van der Waals surface area contributed by atoms with Crippen molar-refractivity contribution in [2.24, 2.45) is 7.05 Å². The molecule has 1 rings (SSSR count). The molecule has 4 heteroatoms. The van der Waals surface area contributed by atoms with Crippen LogP contribution in [0.25, 0.3) is 0 Å². The van der Waals surface area contributed by atoms with Gasteiger partial charge >= 0.3 is 0 Å². The molecule has 0 bridgehead atoms. The van der Waals surface area contributed by atoms with Crippen LogP contribution in [0.3, 0.4) is 0 Å². The van der Waals surface area contributed by atoms with Crippen LogP contribution in [-0.2, 0) is 7.05 Å². The van der Waals surface area contributed by atoms with E-state index in [0.29, 0.717) is 6.73 Å². The SMILES string of the molecule is CNCOc1cnn(C)c1. The smallest absolute Gasteiger partial charge is 0.159 e. The predicted molar refractivity (Wildman–Crippen MR) is 37.8 cm³/mol. The van der Waals surface area contributed by atoms with Gasteiger partial charge in [-0.3, -0.25) is 10.00 Å². The van der Waals surface area contributed by atoms with Crippen LogP contribution >= 0.6 is 0 Å². The summed E-state index contributed by atoms with van der Waals surface area (Å²) in [7, 11) is 3.68. The molecular weight excluding hydrogens is 130 g/mol. The van der Waals surface area contributed by atoms with Crippen molar-refractivity contribution in [3.05, 3.63) is 12.4 Å². The van der Waals surface area contributed by atoms with Crippen molar-refractivity contribution in [3.63, 3.8) is 0 Å². The van der Waals surface area contributed by atoms with Gasteiger partial charge < -0.3 is 4.74 Å². The maximum Gasteiger partial charge on any atom is 0.159 e. The van der Waals surface area contributed by atoms with Gasteiger partial charge in [-0.05, 0) is 7.05 Å². The Labute approximate surface area is 59.8 Å². The molecule has 1 heterocycles. The number of hydrogen-bond donors (Lipinski definition) is 1. The number of nitrogens with one attached hydrogen (secondary N) is 1. The first kappa shape index (κ1) is 7.08. The molecule has 10 heavy (non-hydrogen) atoms. The topological polar surface area (TPSA) is 39.1 Å². The van der Waals surface area contributed by atoms with E-state index in [1.165, 1.54) is 0 Å². The minimum absolute atomic E-state index is 0.520. The number of rotatable bonds is 3. The van der Waals surface area contributed by atoms with E-state index in [4.69, 9.17) is 4.74 Å². The van der Waals surface area contributed by atoms with Gasteiger partial charge in [0.2, 0.25) is 0 Å². The monoisotopic (exact) mass is 141 g/mol. The van der Waals surface area contributed by atoms with E-state index in [2.05, 4.69) is 10.4 Å². The van der Waals surface area contributed by atoms with Crippen molar-refractivity contribution in [2.45, 2.75) is 0 Å². The largest absolute Gasteiger partial charge is 0.475 e. The number of aromatic nitrogens is 2. The van der Waals surface area contributed by atoms with Crippen LogP contribution in [0.2, 0.25) is 0 Å². The molecule has 0 saturated carbocycles. The summed E-state index contributed by atoms with van der Waals surface area (Å²) in [5.41, 5.74) is 0. The highest BCUT2D eigenvalue weighted by atomic mass is 16.5. The van der Waals surface area contributed by atoms with E-state index in [0.717, 1.165) is 5.75 Å². The Morgan fingerprint density at radius 2 is 2.60 bits per heavy atom. The summed E-state index contributed by atoms with van der Waals surface area (Å²) in [5.74, 6) is 0.789. The van der Waals surface area contributed by atoms with E-state index in [1.54, 1.807) is 10.9 Å². The molecule has 0 amide bonds. The first-order valence-electron chi connectivity index (χ1n) is 3.09. The second-order valence-corrected chi connectivity index (χ2v) is 1.99. The zero-order chi connectivity index (χ0) is 7.40. The van der Waals surface area contributed by atoms with Crippen LogP contribution in [-0.4, -0.2) is 23.6 Å². The molecule has 0 aromatic carbocycles. The predicted octanol–water partition coefficient (Wildman–Crippen LogP) is -0.0242. The molecule has 0 fully saturated rings. The maximum atomic E-state index is 5.18. The minimum Gasteiger partial charge on any atom is -0.475 e. The quantitative estimate of drug-likeness (QED) is 0.601. The molecule has 1 N–H and O–H groups in total. The molecule has 0 atom stereocenters. The van der Waals surface area contributed by atoms with Crippen molar-refractivity contribution in [2.75, 3.05) is 13.8 Å². The van der Waals surface area contributed by atoms with E-state index in [1.807, 2.05) is 20.3 Å². The summed E-state index contributed by atoms with van der Waals surface area (Å²) in [6.45, 7) is 0.520. The Balaban J connectivity index is 2.42. The van der Waals surface area contributed by atoms with Crippen molar-refractivity contribution >= 4 is 0 Å². The lowest BCUT2D eigenvalue weighted by Gasteiger charge is -1.98. The summed E-state index contributed by atoms with van der Waals surface area (Å²) >= 11 is 0. The fourth-order valence-electron chi connectivity index (χ4n) is 0.629. The zero-order valence-electron chi connectivity index (χ0n) is 6.16. The van der Waals surface area contributed by atoms with Crippen LogP contribution in [0.5, 0.6) is 5.75 Å². The Kier molecular flexibility index (Phi) is 2.28. The fourth-order valence-corrected chi connectivity index (χ4v) is 0.629. The normalized spacial score (nSPS) is 9.80. The van der Waals surface area contributed by atoms with Gasteiger partial charge in [-0.1, -0.05) is 0 Å². The van der Waals surface area contributed by atoms with E-state index < -0.39 is 0 Å². The molecule has 0 radical (unpaired) electrons. The Hall–Kier alpha value is -1.03. The molecule has 0 saturated heterocycles. The third kappa shape index (κ3) is 1.73. The average molecular weight is 141 g/mol. The fraction of sp³-hybridized carbons (Fsp3) is 0.500. The van der Waals surface area contributed by atoms with E-state index >= 15 is 0 Å². The lowest BCUT2D eigenvalue weighted by atomic mass is 10.7. The van der Waals surface area contributed by atoms with Gasteiger partial charge in [-0.25, -0.2) is 0 Å². The van der Waals surface area contributed by atoms with Crippen molar-refractivity contribution in [1.29, 1.82) is 0 Å². The molecule has 0 aliphatic heterocycles. The van der Waals surface area contributed by atoms with Crippen molar-refractivity contribution in [3.8, 4) is 5.75 Å². The number of aryl methyl sites for hydroxylation is 1. The number of nitrogens with zero attached hydrogens (tertiary/aromatic N) is 2. The van der Waals surface area contributed by atoms with Gasteiger partial charge in [0.1, 0.15) is 6.73 Å². The highest BCUT2D eigenvalue weighted by Crippen LogP contribution is 2.04. The molecule has 1 aromatic rings. The van der Waals surface area contributed by atoms with Crippen molar-refractivity contribution in [1.82, 2.24) is 15.1 Å². The van der Waals surface area contributed by atoms with Gasteiger partial charge in [0, 0.05) is 7.05 Å². The number of ether oxygens (including phenoxy) is 1. The van der Waals surface area contributed by atoms with Crippen LogP contribution < -0.4 is 10.1 Å². The third-order valence-electron chi connectivity index (χ3n) is 1.06. The zero-order valence-corrected chi connectivity index (χ0v) is 6.16. The van der Waals surface area contributed by atoms with Gasteiger partial charge in [-0.15, -0.1) is 0 Å². The second-order valence-electron chi connectivity index (χ2n) is 1.99. The first-order chi connectivity index (χ1) is 4.83. The average Bonchev–Trinajstić information content (AvgIpc) is 2.31. The molecule has 0 spiro atoms. The highest BCUT2D eigenvalue weighted by Gasteiger charge is 1.92. The van der Waals surface area contributed by atoms with Gasteiger partial charge in [0.05, 0.1) is 12.4 Å². The summed E-state index contributed by atoms with van der Waals surface area (Å²) in [6.07, 6.45) is 3.49. The van der Waals surface area contributed by atoms with Crippen LogP contribution in [0, 0.1) is 0 Å². The van der Waals surface area contributed by atoms with Crippen LogP contribution in [0.4, 0.5) is 0 Å². The Morgan fingerprint density at radius 1 is 1.80 bits per heavy atom. The van der Waals surface area contributed by atoms with Crippen LogP contribution in [0.1, 0.15) is 0 Å². The molecule has 1 aromatic heterocycles. The third-order valence-corrected chi connectivity index (χ3v) is 1.06. The van der Waals surface area contributed by atoms with Crippen molar-refractivity contribution < 1.29 is 4.74 Å². The Morgan fingerprint density at radius 3 is 3.10 bits per heavy atom. The maximum absolute atomic E-state index is 5.18. The number of hydrogen-bond acceptors (Lipinski definition) is 3.